The van der Waals surface area contributed by atoms with Crippen molar-refractivity contribution in [3.05, 3.63) is 12.2 Å². The standard InChI is InChI=1S/C9H19NO.C7H13N.C2H6/c1-8(2)10-6-3-4-9(11)5-7-10;1-8-6-4-2-3-5-7-8;1-2/h8-9,11H,3-7H2,1-2H3;2-3H,4-7H2,1H3;1-2H3. The molecule has 3 heteroatoms. The molecule has 1 unspecified atom stereocenters. The molecule has 126 valence electrons. The highest BCUT2D eigenvalue weighted by atomic mass is 16.3. The maximum atomic E-state index is 9.36. The molecule has 0 amide bonds. The number of aliphatic hydroxyl groups excluding tert-OH is 1. The van der Waals surface area contributed by atoms with Crippen LogP contribution in [0.2, 0.25) is 0 Å². The largest absolute Gasteiger partial charge is 0.393 e. The van der Waals surface area contributed by atoms with Crippen molar-refractivity contribution < 1.29 is 5.11 Å². The number of likely N-dealkylation sites (tertiary alicyclic amines) is 1. The van der Waals surface area contributed by atoms with Gasteiger partial charge in [-0.05, 0) is 59.5 Å². The van der Waals surface area contributed by atoms with Gasteiger partial charge in [0.15, 0.2) is 0 Å². The third-order valence-corrected chi connectivity index (χ3v) is 3.98. The van der Waals surface area contributed by atoms with Gasteiger partial charge < -0.3 is 14.9 Å². The van der Waals surface area contributed by atoms with Crippen LogP contribution in [0, 0.1) is 0 Å². The number of nitrogens with zero attached hydrogens (tertiary/aromatic N) is 2. The molecule has 0 aromatic heterocycles. The highest BCUT2D eigenvalue weighted by molar-refractivity contribution is 4.86. The zero-order valence-corrected chi connectivity index (χ0v) is 15.0. The van der Waals surface area contributed by atoms with Crippen LogP contribution in [0.1, 0.15) is 59.8 Å². The molecule has 2 aliphatic heterocycles. The maximum Gasteiger partial charge on any atom is 0.0553 e. The highest BCUT2D eigenvalue weighted by Gasteiger charge is 2.16. The van der Waals surface area contributed by atoms with Gasteiger partial charge in [0.05, 0.1) is 6.10 Å². The molecule has 1 N–H and O–H groups in total. The number of aliphatic hydroxyl groups is 1. The Morgan fingerprint density at radius 1 is 0.952 bits per heavy atom. The normalized spacial score (nSPS) is 24.2. The van der Waals surface area contributed by atoms with Crippen molar-refractivity contribution in [3.8, 4) is 0 Å². The van der Waals surface area contributed by atoms with E-state index in [-0.39, 0.29) is 6.10 Å². The summed E-state index contributed by atoms with van der Waals surface area (Å²) < 4.78 is 0. The first-order chi connectivity index (χ1) is 10.1. The first-order valence-corrected chi connectivity index (χ1v) is 8.85. The Hall–Kier alpha value is -0.380. The highest BCUT2D eigenvalue weighted by Crippen LogP contribution is 2.12. The lowest BCUT2D eigenvalue weighted by molar-refractivity contribution is 0.151. The van der Waals surface area contributed by atoms with E-state index in [1.54, 1.807) is 0 Å². The molecule has 2 heterocycles. The molecule has 0 saturated carbocycles. The van der Waals surface area contributed by atoms with Crippen molar-refractivity contribution in [3.63, 3.8) is 0 Å². The SMILES string of the molecule is CC.CC(C)N1CCCC(O)CC1.CN1CCC=CCC1. The summed E-state index contributed by atoms with van der Waals surface area (Å²) in [6.45, 7) is 13.1. The summed E-state index contributed by atoms with van der Waals surface area (Å²) in [4.78, 5) is 4.80. The summed E-state index contributed by atoms with van der Waals surface area (Å²) in [7, 11) is 2.17. The van der Waals surface area contributed by atoms with Crippen LogP contribution < -0.4 is 0 Å². The summed E-state index contributed by atoms with van der Waals surface area (Å²) in [5.74, 6) is 0. The van der Waals surface area contributed by atoms with Gasteiger partial charge in [-0.15, -0.1) is 0 Å². The quantitative estimate of drug-likeness (QED) is 0.750. The smallest absolute Gasteiger partial charge is 0.0553 e. The Morgan fingerprint density at radius 2 is 1.52 bits per heavy atom. The van der Waals surface area contributed by atoms with E-state index in [1.807, 2.05) is 13.8 Å². The predicted octanol–water partition coefficient (Wildman–Crippen LogP) is 3.54. The van der Waals surface area contributed by atoms with E-state index in [1.165, 1.54) is 25.9 Å². The molecule has 1 fully saturated rings. The van der Waals surface area contributed by atoms with Crippen LogP contribution in [-0.2, 0) is 0 Å². The fourth-order valence-electron chi connectivity index (χ4n) is 2.55. The summed E-state index contributed by atoms with van der Waals surface area (Å²) in [5.41, 5.74) is 0. The molecule has 0 bridgehead atoms. The first kappa shape index (κ1) is 20.6. The lowest BCUT2D eigenvalue weighted by Gasteiger charge is -2.23. The Labute approximate surface area is 133 Å². The van der Waals surface area contributed by atoms with Gasteiger partial charge >= 0.3 is 0 Å². The predicted molar refractivity (Wildman–Crippen MR) is 93.8 cm³/mol. The van der Waals surface area contributed by atoms with Gasteiger partial charge in [0, 0.05) is 25.7 Å². The average molecular weight is 299 g/mol. The van der Waals surface area contributed by atoms with Crippen LogP contribution in [0.25, 0.3) is 0 Å². The van der Waals surface area contributed by atoms with Crippen molar-refractivity contribution in [1.29, 1.82) is 0 Å². The second-order valence-corrected chi connectivity index (χ2v) is 6.07. The van der Waals surface area contributed by atoms with Gasteiger partial charge in [0.2, 0.25) is 0 Å². The zero-order valence-electron chi connectivity index (χ0n) is 15.0. The van der Waals surface area contributed by atoms with Crippen molar-refractivity contribution >= 4 is 0 Å². The molecule has 2 aliphatic rings. The molecule has 21 heavy (non-hydrogen) atoms. The molecule has 0 radical (unpaired) electrons. The summed E-state index contributed by atoms with van der Waals surface area (Å²) >= 11 is 0. The van der Waals surface area contributed by atoms with Crippen LogP contribution >= 0.6 is 0 Å². The second kappa shape index (κ2) is 13.3. The number of hydrogen-bond donors (Lipinski definition) is 1. The van der Waals surface area contributed by atoms with Crippen LogP contribution in [0.15, 0.2) is 12.2 Å². The Morgan fingerprint density at radius 3 is 2.05 bits per heavy atom. The van der Waals surface area contributed by atoms with E-state index in [0.717, 1.165) is 32.4 Å². The van der Waals surface area contributed by atoms with E-state index < -0.39 is 0 Å². The lowest BCUT2D eigenvalue weighted by atomic mass is 10.2. The van der Waals surface area contributed by atoms with Gasteiger partial charge in [-0.2, -0.15) is 0 Å². The van der Waals surface area contributed by atoms with E-state index in [2.05, 4.69) is 42.8 Å². The zero-order chi connectivity index (χ0) is 16.1. The summed E-state index contributed by atoms with van der Waals surface area (Å²) in [6, 6.07) is 0.639. The van der Waals surface area contributed by atoms with E-state index in [4.69, 9.17) is 0 Å². The lowest BCUT2D eigenvalue weighted by Crippen LogP contribution is -2.31. The molecule has 1 atom stereocenters. The molecule has 0 spiro atoms. The third-order valence-electron chi connectivity index (χ3n) is 3.98. The number of hydrogen-bond acceptors (Lipinski definition) is 3. The van der Waals surface area contributed by atoms with Crippen LogP contribution in [0.3, 0.4) is 0 Å². The van der Waals surface area contributed by atoms with Gasteiger partial charge in [0.1, 0.15) is 0 Å². The van der Waals surface area contributed by atoms with E-state index >= 15 is 0 Å². The van der Waals surface area contributed by atoms with Crippen LogP contribution in [0.5, 0.6) is 0 Å². The fourth-order valence-corrected chi connectivity index (χ4v) is 2.55. The fraction of sp³-hybridized carbons (Fsp3) is 0.889. The van der Waals surface area contributed by atoms with Crippen LogP contribution in [0.4, 0.5) is 0 Å². The minimum atomic E-state index is -0.0428. The van der Waals surface area contributed by atoms with E-state index in [9.17, 15) is 5.11 Å². The van der Waals surface area contributed by atoms with Gasteiger partial charge in [-0.3, -0.25) is 0 Å². The summed E-state index contributed by atoms with van der Waals surface area (Å²) in [5, 5.41) is 9.36. The topological polar surface area (TPSA) is 26.7 Å². The van der Waals surface area contributed by atoms with Gasteiger partial charge in [0.25, 0.3) is 0 Å². The molecule has 1 saturated heterocycles. The molecule has 2 rings (SSSR count). The first-order valence-electron chi connectivity index (χ1n) is 8.85. The molecule has 0 aromatic rings. The van der Waals surface area contributed by atoms with Crippen LogP contribution in [-0.4, -0.2) is 60.3 Å². The minimum absolute atomic E-state index is 0.0428. The molecule has 0 aromatic carbocycles. The average Bonchev–Trinajstić information content (AvgIpc) is 2.84. The molecule has 0 aliphatic carbocycles. The number of rotatable bonds is 1. The van der Waals surface area contributed by atoms with Crippen molar-refractivity contribution in [1.82, 2.24) is 9.80 Å². The second-order valence-electron chi connectivity index (χ2n) is 6.07. The minimum Gasteiger partial charge on any atom is -0.393 e. The van der Waals surface area contributed by atoms with Gasteiger partial charge in [-0.1, -0.05) is 26.0 Å². The van der Waals surface area contributed by atoms with Crippen molar-refractivity contribution in [2.24, 2.45) is 0 Å². The Kier molecular flexibility index (Phi) is 13.1. The van der Waals surface area contributed by atoms with E-state index in [0.29, 0.717) is 6.04 Å². The molecular weight excluding hydrogens is 260 g/mol. The van der Waals surface area contributed by atoms with Crippen molar-refractivity contribution in [2.45, 2.75) is 71.9 Å². The van der Waals surface area contributed by atoms with Gasteiger partial charge in [-0.25, -0.2) is 0 Å². The maximum absolute atomic E-state index is 9.36. The third kappa shape index (κ3) is 10.9. The molecular formula is C18H38N2O. The molecule has 3 nitrogen and oxygen atoms in total. The Bertz CT molecular complexity index is 244. The summed E-state index contributed by atoms with van der Waals surface area (Å²) in [6.07, 6.45) is 10.1. The monoisotopic (exact) mass is 298 g/mol. The Balaban J connectivity index is 0.000000354. The van der Waals surface area contributed by atoms with Crippen molar-refractivity contribution in [2.75, 3.05) is 33.2 Å².